The van der Waals surface area contributed by atoms with E-state index in [2.05, 4.69) is 10.3 Å². The van der Waals surface area contributed by atoms with E-state index in [1.165, 1.54) is 4.68 Å². The zero-order chi connectivity index (χ0) is 13.4. The largest absolute Gasteiger partial charge is 0.280 e. The predicted octanol–water partition coefficient (Wildman–Crippen LogP) is 3.43. The van der Waals surface area contributed by atoms with Gasteiger partial charge in [-0.25, -0.2) is 0 Å². The molecule has 4 nitrogen and oxygen atoms in total. The monoisotopic (exact) mass is 291 g/mol. The van der Waals surface area contributed by atoms with E-state index in [0.29, 0.717) is 26.6 Å². The second-order valence-corrected chi connectivity index (χ2v) is 4.82. The van der Waals surface area contributed by atoms with Gasteiger partial charge in [0.05, 0.1) is 5.52 Å². The third kappa shape index (κ3) is 2.20. The molecule has 0 unspecified atom stereocenters. The highest BCUT2D eigenvalue weighted by Crippen LogP contribution is 2.18. The van der Waals surface area contributed by atoms with Crippen molar-refractivity contribution < 1.29 is 4.79 Å². The lowest BCUT2D eigenvalue weighted by molar-refractivity contribution is 0.0948. The molecule has 0 spiro atoms. The zero-order valence-electron chi connectivity index (χ0n) is 9.55. The molecule has 0 amide bonds. The summed E-state index contributed by atoms with van der Waals surface area (Å²) in [6, 6.07) is 11.7. The Morgan fingerprint density at radius 3 is 2.42 bits per heavy atom. The van der Waals surface area contributed by atoms with Crippen LogP contribution in [0.3, 0.4) is 0 Å². The van der Waals surface area contributed by atoms with E-state index < -0.39 is 0 Å². The van der Waals surface area contributed by atoms with Crippen molar-refractivity contribution in [1.82, 2.24) is 15.0 Å². The van der Waals surface area contributed by atoms with Gasteiger partial charge in [0.1, 0.15) is 5.52 Å². The summed E-state index contributed by atoms with van der Waals surface area (Å²) >= 11 is 11.7. The molecule has 0 aliphatic carbocycles. The molecule has 1 heterocycles. The predicted molar refractivity (Wildman–Crippen MR) is 73.7 cm³/mol. The summed E-state index contributed by atoms with van der Waals surface area (Å²) in [5.41, 5.74) is 1.69. The fourth-order valence-corrected chi connectivity index (χ4v) is 2.05. The maximum Gasteiger partial charge on any atom is 0.280 e. The van der Waals surface area contributed by atoms with E-state index in [4.69, 9.17) is 23.2 Å². The number of halogens is 2. The molecule has 6 heteroatoms. The van der Waals surface area contributed by atoms with Gasteiger partial charge < -0.3 is 0 Å². The second-order valence-electron chi connectivity index (χ2n) is 3.95. The number of aromatic nitrogens is 3. The Labute approximate surface area is 118 Å². The van der Waals surface area contributed by atoms with Crippen LogP contribution in [0.1, 0.15) is 10.4 Å². The maximum atomic E-state index is 12.3. The van der Waals surface area contributed by atoms with Gasteiger partial charge in [0.2, 0.25) is 0 Å². The first-order valence-corrected chi connectivity index (χ1v) is 6.22. The van der Waals surface area contributed by atoms with Crippen LogP contribution in [0, 0.1) is 0 Å². The first-order chi connectivity index (χ1) is 9.15. The van der Waals surface area contributed by atoms with Gasteiger partial charge in [-0.2, -0.15) is 4.68 Å². The van der Waals surface area contributed by atoms with Gasteiger partial charge in [0, 0.05) is 15.6 Å². The van der Waals surface area contributed by atoms with E-state index in [-0.39, 0.29) is 5.91 Å². The third-order valence-electron chi connectivity index (χ3n) is 2.69. The lowest BCUT2D eigenvalue weighted by Gasteiger charge is -2.01. The highest BCUT2D eigenvalue weighted by atomic mass is 35.5. The number of hydrogen-bond donors (Lipinski definition) is 0. The van der Waals surface area contributed by atoms with Gasteiger partial charge >= 0.3 is 0 Å². The molecule has 0 fully saturated rings. The second kappa shape index (κ2) is 4.64. The number of rotatable bonds is 1. The van der Waals surface area contributed by atoms with Crippen LogP contribution in [-0.4, -0.2) is 20.9 Å². The van der Waals surface area contributed by atoms with Gasteiger partial charge in [-0.05, 0) is 42.5 Å². The molecule has 1 aromatic heterocycles. The van der Waals surface area contributed by atoms with Gasteiger partial charge in [-0.3, -0.25) is 4.79 Å². The number of benzene rings is 2. The van der Waals surface area contributed by atoms with Crippen LogP contribution in [0.4, 0.5) is 0 Å². The number of fused-ring (bicyclic) bond motifs is 1. The van der Waals surface area contributed by atoms with E-state index >= 15 is 0 Å². The Hall–Kier alpha value is -1.91. The van der Waals surface area contributed by atoms with E-state index in [1.807, 2.05) is 0 Å². The van der Waals surface area contributed by atoms with Crippen molar-refractivity contribution in [3.8, 4) is 0 Å². The SMILES string of the molecule is O=C(c1ccc(Cl)cc1)n1nnc2cc(Cl)ccc21. The van der Waals surface area contributed by atoms with Crippen molar-refractivity contribution in [3.05, 3.63) is 58.1 Å². The molecule has 0 saturated carbocycles. The molecular formula is C13H7Cl2N3O. The van der Waals surface area contributed by atoms with Gasteiger partial charge in [-0.1, -0.05) is 28.4 Å². The zero-order valence-corrected chi connectivity index (χ0v) is 11.1. The highest BCUT2D eigenvalue weighted by molar-refractivity contribution is 6.31. The van der Waals surface area contributed by atoms with Gasteiger partial charge in [0.25, 0.3) is 5.91 Å². The first kappa shape index (κ1) is 12.1. The summed E-state index contributed by atoms with van der Waals surface area (Å²) in [5, 5.41) is 8.92. The molecule has 0 saturated heterocycles. The number of carbonyl (C=O) groups excluding carboxylic acids is 1. The molecule has 19 heavy (non-hydrogen) atoms. The normalized spacial score (nSPS) is 10.8. The fourth-order valence-electron chi connectivity index (χ4n) is 1.76. The smallest absolute Gasteiger partial charge is 0.267 e. The topological polar surface area (TPSA) is 47.8 Å². The quantitative estimate of drug-likeness (QED) is 0.690. The minimum absolute atomic E-state index is 0.263. The lowest BCUT2D eigenvalue weighted by atomic mass is 10.2. The van der Waals surface area contributed by atoms with Crippen LogP contribution in [-0.2, 0) is 0 Å². The summed E-state index contributed by atoms with van der Waals surface area (Å²) in [6.45, 7) is 0. The summed E-state index contributed by atoms with van der Waals surface area (Å²) in [4.78, 5) is 12.3. The summed E-state index contributed by atoms with van der Waals surface area (Å²) in [5.74, 6) is -0.263. The van der Waals surface area contributed by atoms with Crippen LogP contribution in [0.2, 0.25) is 10.0 Å². The van der Waals surface area contributed by atoms with E-state index in [9.17, 15) is 4.79 Å². The Balaban J connectivity index is 2.09. The molecule has 0 aliphatic rings. The fraction of sp³-hybridized carbons (Fsp3) is 0. The van der Waals surface area contributed by atoms with E-state index in [1.54, 1.807) is 42.5 Å². The van der Waals surface area contributed by atoms with Crippen LogP contribution in [0.15, 0.2) is 42.5 Å². The third-order valence-corrected chi connectivity index (χ3v) is 3.18. The number of hydrogen-bond acceptors (Lipinski definition) is 3. The molecule has 0 atom stereocenters. The molecule has 3 rings (SSSR count). The van der Waals surface area contributed by atoms with Crippen molar-refractivity contribution in [2.75, 3.05) is 0 Å². The summed E-state index contributed by atoms with van der Waals surface area (Å²) < 4.78 is 1.24. The first-order valence-electron chi connectivity index (χ1n) is 5.46. The minimum atomic E-state index is -0.263. The van der Waals surface area contributed by atoms with Crippen molar-refractivity contribution in [1.29, 1.82) is 0 Å². The Morgan fingerprint density at radius 1 is 1.00 bits per heavy atom. The molecule has 2 aromatic carbocycles. The molecule has 94 valence electrons. The standard InChI is InChI=1S/C13H7Cl2N3O/c14-9-3-1-8(2-4-9)13(19)18-12-6-5-10(15)7-11(12)16-17-18/h1-7H. The summed E-state index contributed by atoms with van der Waals surface area (Å²) in [7, 11) is 0. The van der Waals surface area contributed by atoms with Crippen LogP contribution < -0.4 is 0 Å². The Bertz CT molecular complexity index is 765. The molecule has 0 aliphatic heterocycles. The average molecular weight is 292 g/mol. The molecule has 0 bridgehead atoms. The van der Waals surface area contributed by atoms with Crippen molar-refractivity contribution >= 4 is 40.1 Å². The lowest BCUT2D eigenvalue weighted by Crippen LogP contribution is -2.13. The average Bonchev–Trinajstić information content (AvgIpc) is 2.81. The Kier molecular flexibility index (Phi) is 2.97. The molecular weight excluding hydrogens is 285 g/mol. The molecule has 0 radical (unpaired) electrons. The Morgan fingerprint density at radius 2 is 1.68 bits per heavy atom. The van der Waals surface area contributed by atoms with Crippen LogP contribution >= 0.6 is 23.2 Å². The van der Waals surface area contributed by atoms with Crippen molar-refractivity contribution in [2.45, 2.75) is 0 Å². The van der Waals surface area contributed by atoms with Gasteiger partial charge in [0.15, 0.2) is 0 Å². The van der Waals surface area contributed by atoms with Crippen LogP contribution in [0.25, 0.3) is 11.0 Å². The number of nitrogens with zero attached hydrogens (tertiary/aromatic N) is 3. The summed E-state index contributed by atoms with van der Waals surface area (Å²) in [6.07, 6.45) is 0. The van der Waals surface area contributed by atoms with Crippen LogP contribution in [0.5, 0.6) is 0 Å². The highest BCUT2D eigenvalue weighted by Gasteiger charge is 2.14. The van der Waals surface area contributed by atoms with E-state index in [0.717, 1.165) is 0 Å². The van der Waals surface area contributed by atoms with Crippen molar-refractivity contribution in [2.24, 2.45) is 0 Å². The van der Waals surface area contributed by atoms with Gasteiger partial charge in [-0.15, -0.1) is 5.10 Å². The minimum Gasteiger partial charge on any atom is -0.267 e. The number of carbonyl (C=O) groups is 1. The molecule has 3 aromatic rings. The maximum absolute atomic E-state index is 12.3. The molecule has 0 N–H and O–H groups in total. The van der Waals surface area contributed by atoms with Crippen molar-refractivity contribution in [3.63, 3.8) is 0 Å².